The topological polar surface area (TPSA) is 417 Å². The number of aliphatic hydroxyl groups excluding tert-OH is 3. The third-order valence-electron chi connectivity index (χ3n) is 15.2. The van der Waals surface area contributed by atoms with Crippen LogP contribution in [0, 0.1) is 17.5 Å². The van der Waals surface area contributed by atoms with Crippen molar-refractivity contribution < 1.29 is 120 Å². The van der Waals surface area contributed by atoms with Crippen LogP contribution in [0.15, 0.2) is 168 Å². The number of carbonyl (C=O) groups excluding carboxylic acids is 8. The molecule has 1 aliphatic heterocycles. The zero-order chi connectivity index (χ0) is 80.7. The maximum Gasteiger partial charge on any atom is 1.00 e. The minimum atomic E-state index is -1.70. The van der Waals surface area contributed by atoms with E-state index in [1.165, 1.54) is 80.1 Å². The molecule has 113 heavy (non-hydrogen) atoms. The van der Waals surface area contributed by atoms with E-state index in [9.17, 15) is 66.8 Å². The number of hydrogen-bond acceptors (Lipinski definition) is 30. The predicted molar refractivity (Wildman–Crippen MR) is 396 cm³/mol. The summed E-state index contributed by atoms with van der Waals surface area (Å²) in [5.74, 6) is -4.62. The Hall–Kier alpha value is -10.7. The number of rotatable bonds is 37. The van der Waals surface area contributed by atoms with Gasteiger partial charge in [0.15, 0.2) is 18.0 Å². The van der Waals surface area contributed by atoms with E-state index in [1.807, 2.05) is 0 Å². The molecule has 0 aliphatic carbocycles. The molecule has 32 nitrogen and oxygen atoms in total. The van der Waals surface area contributed by atoms with Crippen molar-refractivity contribution >= 4 is 88.4 Å². The summed E-state index contributed by atoms with van der Waals surface area (Å²) in [5.41, 5.74) is 5.19. The molecule has 0 saturated carbocycles. The van der Waals surface area contributed by atoms with Gasteiger partial charge in [-0.15, -0.1) is 28.5 Å². The van der Waals surface area contributed by atoms with E-state index in [2.05, 4.69) is 69.1 Å². The van der Waals surface area contributed by atoms with Crippen LogP contribution >= 0.6 is 34.8 Å². The van der Waals surface area contributed by atoms with Crippen LogP contribution < -0.4 is 18.9 Å². The molecule has 6 aromatic carbocycles. The van der Waals surface area contributed by atoms with Crippen LogP contribution in [-0.2, 0) is 80.3 Å². The number of esters is 2. The summed E-state index contributed by atoms with van der Waals surface area (Å²) in [5, 5.41) is 64.6. The van der Waals surface area contributed by atoms with Crippen molar-refractivity contribution in [2.75, 3.05) is 59.4 Å². The van der Waals surface area contributed by atoms with Gasteiger partial charge in [-0.25, -0.2) is 48.0 Å². The Morgan fingerprint density at radius 2 is 0.876 bits per heavy atom. The van der Waals surface area contributed by atoms with Gasteiger partial charge in [0, 0.05) is 71.0 Å². The first-order chi connectivity index (χ1) is 53.1. The molecule has 0 radical (unpaired) electrons. The van der Waals surface area contributed by atoms with Crippen LogP contribution in [0.2, 0.25) is 15.1 Å². The number of nitrogens with zero attached hydrogens (tertiary/aromatic N) is 14. The first-order valence-corrected chi connectivity index (χ1v) is 34.7. The van der Waals surface area contributed by atoms with Crippen LogP contribution in [0.5, 0.6) is 0 Å². The summed E-state index contributed by atoms with van der Waals surface area (Å²) < 4.78 is 73.6. The Morgan fingerprint density at radius 3 is 1.19 bits per heavy atom. The fraction of sp³-hybridized carbons (Fsp3) is 0.311. The van der Waals surface area contributed by atoms with E-state index in [-0.39, 0.29) is 132 Å². The van der Waals surface area contributed by atoms with E-state index in [1.54, 1.807) is 118 Å². The molecular weight excluding hydrogens is 1540 g/mol. The molecule has 9 rings (SSSR count). The fourth-order valence-electron chi connectivity index (χ4n) is 10.2. The largest absolute Gasteiger partial charge is 1.00 e. The summed E-state index contributed by atoms with van der Waals surface area (Å²) in [4.78, 5) is 101. The number of tetrazole rings is 2. The molecule has 594 valence electrons. The van der Waals surface area contributed by atoms with Gasteiger partial charge in [0.1, 0.15) is 29.7 Å². The molecule has 3 atom stereocenters. The summed E-state index contributed by atoms with van der Waals surface area (Å²) in [7, 11) is 0. The molecular formula is C74H76Cl3F3LiN14O18-. The molecule has 4 N–H and O–H groups in total. The van der Waals surface area contributed by atoms with Gasteiger partial charge in [0.25, 0.3) is 0 Å². The van der Waals surface area contributed by atoms with E-state index >= 15 is 0 Å². The van der Waals surface area contributed by atoms with Gasteiger partial charge >= 0.3 is 43.1 Å². The normalized spacial score (nSPS) is 12.2. The van der Waals surface area contributed by atoms with Gasteiger partial charge < -0.3 is 54.0 Å². The molecule has 3 heterocycles. The maximum absolute atomic E-state index is 14.3. The van der Waals surface area contributed by atoms with Crippen LogP contribution in [0.1, 0.15) is 65.6 Å². The summed E-state index contributed by atoms with van der Waals surface area (Å²) in [6.07, 6.45) is -3.07. The van der Waals surface area contributed by atoms with Gasteiger partial charge in [0.2, 0.25) is 36.8 Å². The van der Waals surface area contributed by atoms with Gasteiger partial charge in [-0.1, -0.05) is 120 Å². The van der Waals surface area contributed by atoms with Crippen molar-refractivity contribution in [1.82, 2.24) is 55.1 Å². The Balaban J connectivity index is 0.000000302. The number of benzene rings is 6. The molecule has 39 heteroatoms. The molecule has 2 aromatic heterocycles. The van der Waals surface area contributed by atoms with Crippen molar-refractivity contribution in [2.24, 2.45) is 15.4 Å². The molecule has 0 saturated heterocycles. The number of carbonyl (C=O) groups is 7. The molecule has 1 aliphatic rings. The monoisotopic (exact) mass is 1620 g/mol. The number of halogens is 6. The molecule has 0 unspecified atom stereocenters. The average molecular weight is 1620 g/mol. The van der Waals surface area contributed by atoms with Gasteiger partial charge in [-0.3, -0.25) is 29.1 Å². The standard InChI is InChI=1S/C27H29ClFN5O7.C25H26ClFN4O7.C22H20ClFN5O3.Li.H2O/c1-4-11-34-25(30-31-32-34)23(35)14-33(15-24(36)26(37)39-16-40-27(38)41-17(2)3)13-18-5-7-19(8-6-18)21-12-20(28)9-10-22(21)29;1-15(2)38-25(35)37-14-36-24(34)23(33)13-31(12-22(32)21-10-28-30-29-21)11-16-3-5-17(6-4-16)19-9-18(26)7-8-20(19)27;1-2-9-29-22(25-26-27-29)21(32)13-28(12-18(31)14-30)11-15-3-5-16(6-4-15)19-10-17(23)7-8-20(19)24;;/h4-10,12,17,24,36H,1,11,13-16H2,2-3H3;3-9,15,23,33H,10-14H2,1-2H3;2-8,10,18,31H,1,9,11-13H2;;1H2/q;;-1;+1;/p-1/t24-;23-;18-;;/m111../s1. The number of aromatic nitrogens is 8. The average Bonchev–Trinajstić information content (AvgIpc) is 1.69. The van der Waals surface area contributed by atoms with Crippen LogP contribution in [0.4, 0.5) is 22.8 Å². The minimum absolute atomic E-state index is 0. The number of allylic oxidation sites excluding steroid dienone is 2. The quantitative estimate of drug-likeness (QED) is 0.00712. The molecule has 0 spiro atoms. The van der Waals surface area contributed by atoms with E-state index < -0.39 is 91.6 Å². The third kappa shape index (κ3) is 30.4. The van der Waals surface area contributed by atoms with Crippen molar-refractivity contribution in [3.63, 3.8) is 0 Å². The summed E-state index contributed by atoms with van der Waals surface area (Å²) >= 11 is 18.0. The number of Topliss-reactive ketones (excluding diaryl/α,β-unsaturated/α-hetero) is 3. The van der Waals surface area contributed by atoms with Crippen LogP contribution in [0.25, 0.3) is 33.4 Å². The van der Waals surface area contributed by atoms with Crippen molar-refractivity contribution in [2.45, 2.75) is 90.9 Å². The minimum Gasteiger partial charge on any atom is -0.870 e. The van der Waals surface area contributed by atoms with Crippen molar-refractivity contribution in [3.05, 3.63) is 214 Å². The predicted octanol–water partition coefficient (Wildman–Crippen LogP) is 6.49. The zero-order valence-corrected chi connectivity index (χ0v) is 63.8. The van der Waals surface area contributed by atoms with Gasteiger partial charge in [-0.05, 0) is 148 Å². The van der Waals surface area contributed by atoms with Crippen LogP contribution in [0.3, 0.4) is 0 Å². The Labute approximate surface area is 672 Å². The first kappa shape index (κ1) is 92.9. The van der Waals surface area contributed by atoms with Crippen molar-refractivity contribution in [1.29, 1.82) is 0 Å². The summed E-state index contributed by atoms with van der Waals surface area (Å²) in [6, 6.07) is 33.5. The van der Waals surface area contributed by atoms with Gasteiger partial charge in [0.05, 0.1) is 44.9 Å². The first-order valence-electron chi connectivity index (χ1n) is 33.6. The SMILES string of the molecule is C=CCn1nnnc1C(=O)CN(Cc1ccc(-c2cc(Cl)ccc2F)cc1)C[C@@H](O)C(=O)OCOC(=O)OC(C)C.C=CCn1nnnc1C(=O)CN(Cc1ccc(-c2cc(Cl)ccc2F)cc1)C[C@@H](O)[C-]=O.CC(C)OC(=O)OCOC(=O)[C@H](O)CN(CC(=O)C1=NN=NC1)Cc1ccc(-c2cc(Cl)ccc2F)cc1.[Li+].[OH-]. The number of aliphatic hydroxyl groups is 3. The molecule has 8 aromatic rings. The molecule has 0 amide bonds. The van der Waals surface area contributed by atoms with Crippen molar-refractivity contribution in [3.8, 4) is 33.4 Å². The number of ether oxygens (including phenoxy) is 6. The Kier molecular flexibility index (Phi) is 38.7. The number of hydrogen-bond donors (Lipinski definition) is 3. The second kappa shape index (κ2) is 47.0. The molecule has 0 bridgehead atoms. The fourth-order valence-corrected chi connectivity index (χ4v) is 10.7. The molecule has 0 fully saturated rings. The zero-order valence-electron chi connectivity index (χ0n) is 61.5. The third-order valence-corrected chi connectivity index (χ3v) is 15.9. The second-order valence-corrected chi connectivity index (χ2v) is 25.9. The maximum atomic E-state index is 14.3. The van der Waals surface area contributed by atoms with Crippen LogP contribution in [-0.4, -0.2) is 219 Å². The smallest absolute Gasteiger partial charge is 0.870 e. The Bertz CT molecular complexity index is 4610. The Morgan fingerprint density at radius 1 is 0.531 bits per heavy atom. The van der Waals surface area contributed by atoms with E-state index in [4.69, 9.17) is 53.8 Å². The summed E-state index contributed by atoms with van der Waals surface area (Å²) in [6.45, 7) is 11.8. The van der Waals surface area contributed by atoms with E-state index in [0.29, 0.717) is 59.6 Å². The van der Waals surface area contributed by atoms with E-state index in [0.717, 1.165) is 5.56 Å². The van der Waals surface area contributed by atoms with Gasteiger partial charge in [-0.2, -0.15) is 5.11 Å². The second-order valence-electron chi connectivity index (χ2n) is 24.6. The number of ketones is 3.